The van der Waals surface area contributed by atoms with E-state index in [-0.39, 0.29) is 16.3 Å². The third-order valence-corrected chi connectivity index (χ3v) is 3.94. The van der Waals surface area contributed by atoms with Gasteiger partial charge in [0, 0.05) is 11.3 Å². The van der Waals surface area contributed by atoms with Crippen LogP contribution in [0.4, 0.5) is 0 Å². The van der Waals surface area contributed by atoms with Gasteiger partial charge in [-0.3, -0.25) is 4.79 Å². The molecule has 1 atom stereocenters. The fraction of sp³-hybridized carbons (Fsp3) is 0.364. The fourth-order valence-corrected chi connectivity index (χ4v) is 2.75. The number of halogens is 1. The molecular weight excluding hydrogens is 264 g/mol. The highest BCUT2D eigenvalue weighted by atomic mass is 35.5. The smallest absolute Gasteiger partial charge is 0.306 e. The summed E-state index contributed by atoms with van der Waals surface area (Å²) in [6, 6.07) is 4.53. The second-order valence-corrected chi connectivity index (χ2v) is 6.32. The monoisotopic (exact) mass is 276 g/mol. The Kier molecular flexibility index (Phi) is 4.16. The maximum Gasteiger partial charge on any atom is 0.306 e. The lowest BCUT2D eigenvalue weighted by Crippen LogP contribution is -2.14. The Hall–Kier alpha value is -1.07. The number of carboxylic acids is 1. The van der Waals surface area contributed by atoms with E-state index in [9.17, 15) is 13.2 Å². The van der Waals surface area contributed by atoms with E-state index in [1.165, 1.54) is 19.1 Å². The molecule has 0 fully saturated rings. The predicted octanol–water partition coefficient (Wildman–Crippen LogP) is 2.01. The molecule has 1 unspecified atom stereocenters. The highest BCUT2D eigenvalue weighted by molar-refractivity contribution is 7.90. The molecule has 0 radical (unpaired) electrons. The number of carbonyl (C=O) groups is 1. The van der Waals surface area contributed by atoms with Crippen LogP contribution in [0.5, 0.6) is 0 Å². The number of aliphatic carboxylic acids is 1. The zero-order valence-electron chi connectivity index (χ0n) is 9.47. The van der Waals surface area contributed by atoms with Crippen LogP contribution in [0.25, 0.3) is 0 Å². The summed E-state index contributed by atoms with van der Waals surface area (Å²) in [5.74, 6) is -1.67. The molecular formula is C11H13ClO4S. The topological polar surface area (TPSA) is 71.4 Å². The average molecular weight is 277 g/mol. The molecule has 0 heterocycles. The lowest BCUT2D eigenvalue weighted by molar-refractivity contribution is -0.141. The first kappa shape index (κ1) is 14.0. The Morgan fingerprint density at radius 2 is 2.06 bits per heavy atom. The van der Waals surface area contributed by atoms with Crippen LogP contribution in [0.15, 0.2) is 23.1 Å². The summed E-state index contributed by atoms with van der Waals surface area (Å²) in [4.78, 5) is 10.9. The van der Waals surface area contributed by atoms with Crippen molar-refractivity contribution in [2.45, 2.75) is 18.2 Å². The zero-order valence-corrected chi connectivity index (χ0v) is 11.0. The summed E-state index contributed by atoms with van der Waals surface area (Å²) >= 11 is 5.93. The SMILES string of the molecule is CC(Cc1c(Cl)cccc1S(C)(=O)=O)C(=O)O. The molecule has 1 aromatic rings. The molecule has 4 nitrogen and oxygen atoms in total. The minimum absolute atomic E-state index is 0.0947. The highest BCUT2D eigenvalue weighted by Gasteiger charge is 2.20. The summed E-state index contributed by atoms with van der Waals surface area (Å²) < 4.78 is 23.1. The van der Waals surface area contributed by atoms with Crippen LogP contribution < -0.4 is 0 Å². The Labute approximate surface area is 105 Å². The first-order valence-electron chi connectivity index (χ1n) is 4.93. The Morgan fingerprint density at radius 1 is 1.47 bits per heavy atom. The first-order valence-corrected chi connectivity index (χ1v) is 7.20. The largest absolute Gasteiger partial charge is 0.481 e. The van der Waals surface area contributed by atoms with Crippen molar-refractivity contribution in [2.75, 3.05) is 6.26 Å². The fourth-order valence-electron chi connectivity index (χ4n) is 1.48. The summed E-state index contributed by atoms with van der Waals surface area (Å²) in [5.41, 5.74) is 0.367. The Bertz CT molecular complexity index is 536. The van der Waals surface area contributed by atoms with E-state index in [1.807, 2.05) is 0 Å². The van der Waals surface area contributed by atoms with Gasteiger partial charge < -0.3 is 5.11 Å². The van der Waals surface area contributed by atoms with Gasteiger partial charge in [0.25, 0.3) is 0 Å². The van der Waals surface area contributed by atoms with E-state index in [0.29, 0.717) is 5.56 Å². The van der Waals surface area contributed by atoms with Crippen LogP contribution in [0, 0.1) is 5.92 Å². The van der Waals surface area contributed by atoms with Gasteiger partial charge in [0.15, 0.2) is 9.84 Å². The molecule has 0 saturated heterocycles. The molecule has 0 aromatic heterocycles. The molecule has 0 amide bonds. The van der Waals surface area contributed by atoms with Crippen LogP contribution in [0.1, 0.15) is 12.5 Å². The van der Waals surface area contributed by atoms with Crippen molar-refractivity contribution >= 4 is 27.4 Å². The molecule has 1 aromatic carbocycles. The van der Waals surface area contributed by atoms with E-state index in [0.717, 1.165) is 6.26 Å². The lowest BCUT2D eigenvalue weighted by atomic mass is 10.0. The van der Waals surface area contributed by atoms with E-state index in [2.05, 4.69) is 0 Å². The Balaban J connectivity index is 3.27. The minimum Gasteiger partial charge on any atom is -0.481 e. The van der Waals surface area contributed by atoms with Crippen molar-refractivity contribution in [1.29, 1.82) is 0 Å². The van der Waals surface area contributed by atoms with Gasteiger partial charge in [0.2, 0.25) is 0 Å². The third-order valence-electron chi connectivity index (χ3n) is 2.41. The van der Waals surface area contributed by atoms with Crippen molar-refractivity contribution in [3.63, 3.8) is 0 Å². The van der Waals surface area contributed by atoms with E-state index < -0.39 is 21.7 Å². The van der Waals surface area contributed by atoms with Crippen LogP contribution in [-0.4, -0.2) is 25.7 Å². The molecule has 1 rings (SSSR count). The van der Waals surface area contributed by atoms with Gasteiger partial charge in [-0.25, -0.2) is 8.42 Å². The first-order chi connectivity index (χ1) is 7.73. The van der Waals surface area contributed by atoms with Crippen LogP contribution >= 0.6 is 11.6 Å². The second kappa shape index (κ2) is 5.06. The van der Waals surface area contributed by atoms with Gasteiger partial charge in [-0.05, 0) is 24.1 Å². The summed E-state index contributed by atoms with van der Waals surface area (Å²) in [6.45, 7) is 1.51. The summed E-state index contributed by atoms with van der Waals surface area (Å²) in [6.07, 6.45) is 1.17. The molecule has 0 aliphatic carbocycles. The van der Waals surface area contributed by atoms with Crippen molar-refractivity contribution in [2.24, 2.45) is 5.92 Å². The standard InChI is InChI=1S/C11H13ClO4S/c1-7(11(13)14)6-8-9(12)4-3-5-10(8)17(2,15)16/h3-5,7H,6H2,1-2H3,(H,13,14). The molecule has 0 aliphatic rings. The third kappa shape index (κ3) is 3.44. The van der Waals surface area contributed by atoms with Crippen LogP contribution in [-0.2, 0) is 21.1 Å². The summed E-state index contributed by atoms with van der Waals surface area (Å²) in [7, 11) is -3.40. The molecule has 0 spiro atoms. The van der Waals surface area contributed by atoms with Gasteiger partial charge in [0.05, 0.1) is 10.8 Å². The van der Waals surface area contributed by atoms with E-state index >= 15 is 0 Å². The van der Waals surface area contributed by atoms with Gasteiger partial charge >= 0.3 is 5.97 Å². The number of hydrogen-bond acceptors (Lipinski definition) is 3. The quantitative estimate of drug-likeness (QED) is 0.913. The van der Waals surface area contributed by atoms with Crippen molar-refractivity contribution < 1.29 is 18.3 Å². The predicted molar refractivity (Wildman–Crippen MR) is 65.1 cm³/mol. The van der Waals surface area contributed by atoms with Gasteiger partial charge in [0.1, 0.15) is 0 Å². The number of rotatable bonds is 4. The van der Waals surface area contributed by atoms with Crippen LogP contribution in [0.2, 0.25) is 5.02 Å². The Morgan fingerprint density at radius 3 is 2.53 bits per heavy atom. The molecule has 0 aliphatic heterocycles. The average Bonchev–Trinajstić information content (AvgIpc) is 2.18. The maximum atomic E-state index is 11.6. The normalized spacial score (nSPS) is 13.4. The number of hydrogen-bond donors (Lipinski definition) is 1. The number of sulfone groups is 1. The zero-order chi connectivity index (χ0) is 13.2. The van der Waals surface area contributed by atoms with Gasteiger partial charge in [-0.1, -0.05) is 24.6 Å². The van der Waals surface area contributed by atoms with Crippen molar-refractivity contribution in [1.82, 2.24) is 0 Å². The minimum atomic E-state index is -3.40. The molecule has 1 N–H and O–H groups in total. The summed E-state index contributed by atoms with van der Waals surface area (Å²) in [5, 5.41) is 9.11. The second-order valence-electron chi connectivity index (χ2n) is 3.93. The highest BCUT2D eigenvalue weighted by Crippen LogP contribution is 2.26. The van der Waals surface area contributed by atoms with Crippen LogP contribution in [0.3, 0.4) is 0 Å². The number of benzene rings is 1. The number of carboxylic acid groups (broad SMARTS) is 1. The molecule has 0 saturated carbocycles. The van der Waals surface area contributed by atoms with E-state index in [4.69, 9.17) is 16.7 Å². The molecule has 6 heteroatoms. The van der Waals surface area contributed by atoms with Crippen molar-refractivity contribution in [3.8, 4) is 0 Å². The van der Waals surface area contributed by atoms with Gasteiger partial charge in [-0.15, -0.1) is 0 Å². The van der Waals surface area contributed by atoms with Gasteiger partial charge in [-0.2, -0.15) is 0 Å². The lowest BCUT2D eigenvalue weighted by Gasteiger charge is -2.12. The molecule has 17 heavy (non-hydrogen) atoms. The van der Waals surface area contributed by atoms with Crippen molar-refractivity contribution in [3.05, 3.63) is 28.8 Å². The molecule has 0 bridgehead atoms. The van der Waals surface area contributed by atoms with E-state index in [1.54, 1.807) is 6.07 Å². The maximum absolute atomic E-state index is 11.6. The molecule has 94 valence electrons.